The van der Waals surface area contributed by atoms with Crippen LogP contribution in [0.25, 0.3) is 0 Å². The van der Waals surface area contributed by atoms with Gasteiger partial charge >= 0.3 is 10.2 Å². The average molecular weight is 207 g/mol. The Balaban J connectivity index is 3.02. The lowest BCUT2D eigenvalue weighted by molar-refractivity contribution is 0.599. The second-order valence-electron chi connectivity index (χ2n) is 2.10. The van der Waals surface area contributed by atoms with Crippen molar-refractivity contribution in [3.8, 4) is 0 Å². The zero-order chi connectivity index (χ0) is 9.19. The molecule has 1 aromatic rings. The summed E-state index contributed by atoms with van der Waals surface area (Å²) in [5.41, 5.74) is 0.321. The number of anilines is 1. The van der Waals surface area contributed by atoms with Crippen molar-refractivity contribution in [2.75, 3.05) is 3.82 Å². The van der Waals surface area contributed by atoms with Gasteiger partial charge in [-0.25, -0.2) is 5.14 Å². The molecule has 12 heavy (non-hydrogen) atoms. The van der Waals surface area contributed by atoms with E-state index in [9.17, 15) is 8.42 Å². The van der Waals surface area contributed by atoms with Crippen molar-refractivity contribution >= 4 is 27.7 Å². The Hall–Kier alpha value is -0.780. The molecule has 0 amide bonds. The highest BCUT2D eigenvalue weighted by atomic mass is 35.5. The van der Waals surface area contributed by atoms with E-state index >= 15 is 0 Å². The lowest BCUT2D eigenvalue weighted by atomic mass is 10.3. The van der Waals surface area contributed by atoms with Crippen LogP contribution in [0.2, 0.25) is 0 Å². The van der Waals surface area contributed by atoms with E-state index in [0.717, 1.165) is 0 Å². The van der Waals surface area contributed by atoms with E-state index in [1.807, 2.05) is 0 Å². The molecule has 0 aliphatic heterocycles. The fraction of sp³-hybridized carbons (Fsp3) is 0. The lowest BCUT2D eigenvalue weighted by Crippen LogP contribution is -2.28. The summed E-state index contributed by atoms with van der Waals surface area (Å²) < 4.78 is 21.9. The van der Waals surface area contributed by atoms with Gasteiger partial charge in [0, 0.05) is 11.8 Å². The van der Waals surface area contributed by atoms with Crippen molar-refractivity contribution in [1.29, 1.82) is 0 Å². The maximum Gasteiger partial charge on any atom is 0.312 e. The summed E-state index contributed by atoms with van der Waals surface area (Å²) >= 11 is 5.40. The van der Waals surface area contributed by atoms with Crippen LogP contribution in [0, 0.1) is 0 Å². The average Bonchev–Trinajstić information content (AvgIpc) is 2.03. The van der Waals surface area contributed by atoms with Crippen LogP contribution in [0.3, 0.4) is 0 Å². The van der Waals surface area contributed by atoms with Crippen molar-refractivity contribution < 1.29 is 8.42 Å². The van der Waals surface area contributed by atoms with Crippen LogP contribution in [-0.4, -0.2) is 8.42 Å². The zero-order valence-corrected chi connectivity index (χ0v) is 7.59. The van der Waals surface area contributed by atoms with Crippen LogP contribution in [0.4, 0.5) is 5.69 Å². The molecule has 0 atom stereocenters. The van der Waals surface area contributed by atoms with Crippen LogP contribution < -0.4 is 8.96 Å². The first-order chi connectivity index (χ1) is 5.52. The van der Waals surface area contributed by atoms with Gasteiger partial charge in [-0.05, 0) is 12.1 Å². The number of rotatable bonds is 2. The quantitative estimate of drug-likeness (QED) is 0.730. The number of nitrogens with two attached hydrogens (primary N) is 1. The molecule has 66 valence electrons. The van der Waals surface area contributed by atoms with Gasteiger partial charge < -0.3 is 0 Å². The van der Waals surface area contributed by atoms with Crippen LogP contribution >= 0.6 is 11.8 Å². The Morgan fingerprint density at radius 1 is 1.25 bits per heavy atom. The zero-order valence-electron chi connectivity index (χ0n) is 6.01. The number of hydrogen-bond acceptors (Lipinski definition) is 2. The van der Waals surface area contributed by atoms with Crippen LogP contribution in [0.1, 0.15) is 0 Å². The van der Waals surface area contributed by atoms with Gasteiger partial charge in [0.2, 0.25) is 0 Å². The van der Waals surface area contributed by atoms with Gasteiger partial charge in [0.1, 0.15) is 0 Å². The number of halogens is 1. The fourth-order valence-electron chi connectivity index (χ4n) is 0.692. The number of benzene rings is 1. The third-order valence-corrected chi connectivity index (χ3v) is 2.61. The van der Waals surface area contributed by atoms with Gasteiger partial charge in [-0.2, -0.15) is 12.2 Å². The van der Waals surface area contributed by atoms with E-state index in [1.54, 1.807) is 18.2 Å². The van der Waals surface area contributed by atoms with Crippen molar-refractivity contribution in [1.82, 2.24) is 0 Å². The first-order valence-corrected chi connectivity index (χ1v) is 4.90. The number of hydrogen-bond donors (Lipinski definition) is 1. The second-order valence-corrected chi connectivity index (χ2v) is 4.03. The molecule has 0 saturated heterocycles. The van der Waals surface area contributed by atoms with Gasteiger partial charge in [0.15, 0.2) is 0 Å². The molecule has 0 radical (unpaired) electrons. The third kappa shape index (κ3) is 2.10. The summed E-state index contributed by atoms with van der Waals surface area (Å²) in [6, 6.07) is 8.15. The smallest absolute Gasteiger partial charge is 0.210 e. The highest BCUT2D eigenvalue weighted by molar-refractivity contribution is 7.91. The van der Waals surface area contributed by atoms with Crippen molar-refractivity contribution in [2.45, 2.75) is 0 Å². The molecule has 0 saturated carbocycles. The van der Waals surface area contributed by atoms with E-state index in [0.29, 0.717) is 9.51 Å². The van der Waals surface area contributed by atoms with Crippen LogP contribution in [0.15, 0.2) is 30.3 Å². The van der Waals surface area contributed by atoms with Gasteiger partial charge in [-0.15, -0.1) is 0 Å². The first kappa shape index (κ1) is 9.31. The summed E-state index contributed by atoms with van der Waals surface area (Å²) in [4.78, 5) is 0. The van der Waals surface area contributed by atoms with Gasteiger partial charge in [0.05, 0.1) is 5.69 Å². The Morgan fingerprint density at radius 3 is 2.17 bits per heavy atom. The molecule has 4 nitrogen and oxygen atoms in total. The molecule has 1 aromatic carbocycles. The summed E-state index contributed by atoms with van der Waals surface area (Å²) in [7, 11) is -3.86. The number of nitrogens with zero attached hydrogens (tertiary/aromatic N) is 1. The van der Waals surface area contributed by atoms with Crippen molar-refractivity contribution in [2.24, 2.45) is 5.14 Å². The van der Waals surface area contributed by atoms with Crippen LogP contribution in [0.5, 0.6) is 0 Å². The highest BCUT2D eigenvalue weighted by Gasteiger charge is 2.13. The fourth-order valence-corrected chi connectivity index (χ4v) is 1.22. The number of para-hydroxylation sites is 1. The molecule has 0 heterocycles. The molecule has 0 aliphatic carbocycles. The Labute approximate surface area is 75.8 Å². The van der Waals surface area contributed by atoms with E-state index in [4.69, 9.17) is 16.9 Å². The van der Waals surface area contributed by atoms with E-state index in [-0.39, 0.29) is 0 Å². The highest BCUT2D eigenvalue weighted by Crippen LogP contribution is 2.17. The SMILES string of the molecule is NS(=O)(=O)N(Cl)c1ccccc1. The first-order valence-electron chi connectivity index (χ1n) is 3.05. The predicted molar refractivity (Wildman–Crippen MR) is 47.9 cm³/mol. The molecule has 0 spiro atoms. The molecule has 1 rings (SSSR count). The minimum Gasteiger partial charge on any atom is -0.210 e. The summed E-state index contributed by atoms with van der Waals surface area (Å²) in [5, 5.41) is 4.78. The lowest BCUT2D eigenvalue weighted by Gasteiger charge is -2.11. The standard InChI is InChI=1S/C6H7ClN2O2S/c7-9(12(8,10)11)6-4-2-1-3-5-6/h1-5H,(H2,8,10,11). The third-order valence-electron chi connectivity index (χ3n) is 1.18. The summed E-state index contributed by atoms with van der Waals surface area (Å²) in [6.07, 6.45) is 0. The minimum atomic E-state index is -3.86. The maximum atomic E-state index is 10.7. The summed E-state index contributed by atoms with van der Waals surface area (Å²) in [5.74, 6) is 0. The Kier molecular flexibility index (Phi) is 2.56. The molecule has 2 N–H and O–H groups in total. The topological polar surface area (TPSA) is 63.4 Å². The molecular formula is C6H7ClN2O2S. The van der Waals surface area contributed by atoms with Crippen molar-refractivity contribution in [3.05, 3.63) is 30.3 Å². The van der Waals surface area contributed by atoms with E-state index in [1.165, 1.54) is 12.1 Å². The minimum absolute atomic E-state index is 0.321. The monoisotopic (exact) mass is 206 g/mol. The van der Waals surface area contributed by atoms with Crippen LogP contribution in [-0.2, 0) is 10.2 Å². The molecular weight excluding hydrogens is 200 g/mol. The van der Waals surface area contributed by atoms with Crippen molar-refractivity contribution in [3.63, 3.8) is 0 Å². The predicted octanol–water partition coefficient (Wildman–Crippen LogP) is 0.850. The molecule has 0 aromatic heterocycles. The Bertz CT molecular complexity index is 351. The second kappa shape index (κ2) is 3.30. The largest absolute Gasteiger partial charge is 0.312 e. The normalized spacial score (nSPS) is 11.2. The molecule has 0 fully saturated rings. The molecule has 0 bridgehead atoms. The molecule has 6 heteroatoms. The van der Waals surface area contributed by atoms with E-state index in [2.05, 4.69) is 0 Å². The van der Waals surface area contributed by atoms with Gasteiger partial charge in [0.25, 0.3) is 0 Å². The van der Waals surface area contributed by atoms with E-state index < -0.39 is 10.2 Å². The molecule has 0 unspecified atom stereocenters. The summed E-state index contributed by atoms with van der Waals surface area (Å²) in [6.45, 7) is 0. The van der Waals surface area contributed by atoms with Gasteiger partial charge in [-0.1, -0.05) is 18.2 Å². The Morgan fingerprint density at radius 2 is 1.75 bits per heavy atom. The molecule has 0 aliphatic rings. The maximum absolute atomic E-state index is 10.7. The van der Waals surface area contributed by atoms with Gasteiger partial charge in [-0.3, -0.25) is 0 Å².